The number of carbonyl (C=O) groups is 4. The Hall–Kier alpha value is -5.78. The third kappa shape index (κ3) is 7.75. The summed E-state index contributed by atoms with van der Waals surface area (Å²) in [4.78, 5) is 60.9. The Morgan fingerprint density at radius 1 is 0.880 bits per heavy atom. The number of aliphatic imine (C=N–C) groups is 1. The van der Waals surface area contributed by atoms with Gasteiger partial charge in [0.1, 0.15) is 6.61 Å². The number of nitrogens with zero attached hydrogens (tertiary/aromatic N) is 2. The van der Waals surface area contributed by atoms with Crippen LogP contribution in [0.15, 0.2) is 120 Å². The lowest BCUT2D eigenvalue weighted by Crippen LogP contribution is -2.50. The van der Waals surface area contributed by atoms with E-state index in [9.17, 15) is 32.3 Å². The van der Waals surface area contributed by atoms with E-state index in [1.165, 1.54) is 12.1 Å². The fourth-order valence-electron chi connectivity index (χ4n) is 6.32. The molecule has 0 aliphatic carbocycles. The van der Waals surface area contributed by atoms with Gasteiger partial charge in [-0.3, -0.25) is 14.4 Å². The quantitative estimate of drug-likeness (QED) is 0.205. The first kappa shape index (κ1) is 34.1. The minimum atomic E-state index is -4.68. The summed E-state index contributed by atoms with van der Waals surface area (Å²) in [5.74, 6) is -5.81. The topological polar surface area (TPSA) is 117 Å². The van der Waals surface area contributed by atoms with Crippen molar-refractivity contribution in [3.63, 3.8) is 0 Å². The maximum absolute atomic E-state index is 14.5. The Labute approximate surface area is 286 Å². The highest BCUT2D eigenvalue weighted by Crippen LogP contribution is 2.36. The second kappa shape index (κ2) is 14.8. The van der Waals surface area contributed by atoms with Crippen LogP contribution in [0.1, 0.15) is 41.0 Å². The van der Waals surface area contributed by atoms with Crippen molar-refractivity contribution in [3.8, 4) is 0 Å². The highest BCUT2D eigenvalue weighted by atomic mass is 19.4. The van der Waals surface area contributed by atoms with Crippen molar-refractivity contribution in [3.05, 3.63) is 138 Å². The van der Waals surface area contributed by atoms with Crippen LogP contribution in [0.3, 0.4) is 0 Å². The van der Waals surface area contributed by atoms with Gasteiger partial charge in [-0.1, -0.05) is 109 Å². The molecular weight excluding hydrogens is 649 g/mol. The number of cyclic esters (lactones) is 1. The van der Waals surface area contributed by atoms with Crippen molar-refractivity contribution in [1.29, 1.82) is 0 Å². The molecule has 2 N–H and O–H groups in total. The lowest BCUT2D eigenvalue weighted by atomic mass is 9.81. The molecule has 0 radical (unpaired) electrons. The number of anilines is 1. The molecule has 2 aliphatic rings. The number of halogens is 3. The number of amides is 4. The van der Waals surface area contributed by atoms with Gasteiger partial charge in [-0.15, -0.1) is 0 Å². The summed E-state index contributed by atoms with van der Waals surface area (Å²) in [7, 11) is 0. The molecule has 50 heavy (non-hydrogen) atoms. The first-order valence-electron chi connectivity index (χ1n) is 16.1. The van der Waals surface area contributed by atoms with E-state index in [0.717, 1.165) is 10.5 Å². The number of rotatable bonds is 10. The minimum absolute atomic E-state index is 0.125. The van der Waals surface area contributed by atoms with Crippen molar-refractivity contribution >= 4 is 35.2 Å². The van der Waals surface area contributed by atoms with E-state index >= 15 is 0 Å². The average Bonchev–Trinajstić information content (AvgIpc) is 3.41. The molecule has 9 nitrogen and oxygen atoms in total. The molecule has 4 aromatic rings. The molecule has 1 saturated heterocycles. The van der Waals surface area contributed by atoms with Gasteiger partial charge in [0.05, 0.1) is 29.3 Å². The molecule has 0 saturated carbocycles. The van der Waals surface area contributed by atoms with Gasteiger partial charge in [0.25, 0.3) is 5.91 Å². The number of carbonyl (C=O) groups excluding carboxylic acids is 4. The molecule has 0 bridgehead atoms. The number of benzene rings is 4. The fraction of sp³-hybridized carbons (Fsp3) is 0.237. The van der Waals surface area contributed by atoms with Gasteiger partial charge in [0.2, 0.25) is 18.0 Å². The molecule has 6 rings (SSSR count). The molecule has 0 aromatic heterocycles. The van der Waals surface area contributed by atoms with Crippen LogP contribution >= 0.6 is 0 Å². The van der Waals surface area contributed by atoms with E-state index in [-0.39, 0.29) is 18.6 Å². The second-order valence-corrected chi connectivity index (χ2v) is 12.1. The Balaban J connectivity index is 1.38. The van der Waals surface area contributed by atoms with E-state index in [4.69, 9.17) is 4.74 Å². The Kier molecular flexibility index (Phi) is 10.1. The number of para-hydroxylation sites is 1. The smallest absolute Gasteiger partial charge is 0.417 e. The Morgan fingerprint density at radius 2 is 1.50 bits per heavy atom. The summed E-state index contributed by atoms with van der Waals surface area (Å²) in [6, 6.07) is 32.0. The third-order valence-electron chi connectivity index (χ3n) is 8.69. The highest BCUT2D eigenvalue weighted by molar-refractivity contribution is 6.19. The molecule has 4 atom stereocenters. The number of nitrogens with one attached hydrogen (secondary N) is 2. The van der Waals surface area contributed by atoms with Gasteiger partial charge in [-0.2, -0.15) is 13.2 Å². The summed E-state index contributed by atoms with van der Waals surface area (Å²) in [6.07, 6.45) is -9.17. The van der Waals surface area contributed by atoms with E-state index in [2.05, 4.69) is 15.6 Å². The van der Waals surface area contributed by atoms with Crippen LogP contribution in [0.2, 0.25) is 0 Å². The number of ether oxygens (including phenoxy) is 1. The van der Waals surface area contributed by atoms with E-state index in [1.54, 1.807) is 78.9 Å². The largest absolute Gasteiger partial charge is 0.447 e. The number of alkyl halides is 3. The number of hydrogen-bond donors (Lipinski definition) is 2. The lowest BCUT2D eigenvalue weighted by Gasteiger charge is -2.31. The van der Waals surface area contributed by atoms with Crippen LogP contribution in [0.5, 0.6) is 0 Å². The van der Waals surface area contributed by atoms with E-state index in [0.29, 0.717) is 22.5 Å². The normalized spacial score (nSPS) is 18.5. The van der Waals surface area contributed by atoms with Crippen molar-refractivity contribution in [2.24, 2.45) is 10.9 Å². The molecule has 2 heterocycles. The molecule has 4 aromatic carbocycles. The average molecular weight is 683 g/mol. The summed E-state index contributed by atoms with van der Waals surface area (Å²) >= 11 is 0. The minimum Gasteiger partial charge on any atom is -0.447 e. The standard InChI is InChI=1S/C38H33F3N4O5/c39-38(40,41)21-20-29(34(46)44-33-35(47)42-30-19-11-10-18-28(30)32(43-33)26-16-8-3-9-17-26)31(25-14-6-2-7-15-25)36(48)45-27(23-50-37(45)49)22-24-12-4-1-5-13-24/h1-19,27,29,31,33H,20-23H2,(H,42,47)(H,44,46). The van der Waals surface area contributed by atoms with Crippen molar-refractivity contribution in [1.82, 2.24) is 10.2 Å². The van der Waals surface area contributed by atoms with Gasteiger partial charge >= 0.3 is 12.3 Å². The zero-order valence-electron chi connectivity index (χ0n) is 26.7. The van der Waals surface area contributed by atoms with Crippen LogP contribution < -0.4 is 10.6 Å². The second-order valence-electron chi connectivity index (χ2n) is 12.1. The lowest BCUT2D eigenvalue weighted by molar-refractivity contribution is -0.147. The first-order chi connectivity index (χ1) is 24.1. The molecule has 12 heteroatoms. The Morgan fingerprint density at radius 3 is 2.18 bits per heavy atom. The van der Waals surface area contributed by atoms with E-state index < -0.39 is 66.9 Å². The monoisotopic (exact) mass is 682 g/mol. The Bertz CT molecular complexity index is 1890. The highest BCUT2D eigenvalue weighted by Gasteiger charge is 2.46. The van der Waals surface area contributed by atoms with Gasteiger partial charge in [0, 0.05) is 17.5 Å². The van der Waals surface area contributed by atoms with Crippen LogP contribution in [0.4, 0.5) is 23.7 Å². The van der Waals surface area contributed by atoms with E-state index in [1.807, 2.05) is 24.3 Å². The van der Waals surface area contributed by atoms with Crippen LogP contribution in [-0.4, -0.2) is 59.4 Å². The van der Waals surface area contributed by atoms with Crippen molar-refractivity contribution < 1.29 is 37.1 Å². The first-order valence-corrected chi connectivity index (χ1v) is 16.1. The summed E-state index contributed by atoms with van der Waals surface area (Å²) < 4.78 is 46.6. The van der Waals surface area contributed by atoms with Crippen LogP contribution in [-0.2, 0) is 25.5 Å². The molecule has 256 valence electrons. The molecular formula is C38H33F3N4O5. The summed E-state index contributed by atoms with van der Waals surface area (Å²) in [5.41, 5.74) is 3.05. The third-order valence-corrected chi connectivity index (χ3v) is 8.69. The van der Waals surface area contributed by atoms with Crippen LogP contribution in [0, 0.1) is 5.92 Å². The van der Waals surface area contributed by atoms with Crippen LogP contribution in [0.25, 0.3) is 0 Å². The molecule has 0 spiro atoms. The van der Waals surface area contributed by atoms with Crippen molar-refractivity contribution in [2.75, 3.05) is 11.9 Å². The fourth-order valence-corrected chi connectivity index (χ4v) is 6.32. The summed E-state index contributed by atoms with van der Waals surface area (Å²) in [6.45, 7) is -0.125. The number of imide groups is 1. The van der Waals surface area contributed by atoms with Gasteiger partial charge in [-0.25, -0.2) is 14.7 Å². The molecule has 4 amide bonds. The van der Waals surface area contributed by atoms with Gasteiger partial charge < -0.3 is 15.4 Å². The SMILES string of the molecule is O=C1Nc2ccccc2C(c2ccccc2)=NC1NC(=O)C(CCC(F)(F)F)C(C(=O)N1C(=O)OCC1Cc1ccccc1)c1ccccc1. The van der Waals surface area contributed by atoms with Gasteiger partial charge in [-0.05, 0) is 30.0 Å². The molecule has 1 fully saturated rings. The number of hydrogen-bond acceptors (Lipinski definition) is 6. The maximum atomic E-state index is 14.5. The zero-order chi connectivity index (χ0) is 35.3. The number of benzodiazepines with no additional fused rings is 1. The number of fused-ring (bicyclic) bond motifs is 1. The van der Waals surface area contributed by atoms with Crippen molar-refractivity contribution in [2.45, 2.75) is 43.6 Å². The summed E-state index contributed by atoms with van der Waals surface area (Å²) in [5, 5.41) is 5.30. The molecule has 4 unspecified atom stereocenters. The maximum Gasteiger partial charge on any atom is 0.417 e. The predicted molar refractivity (Wildman–Crippen MR) is 179 cm³/mol. The van der Waals surface area contributed by atoms with Gasteiger partial charge in [0.15, 0.2) is 0 Å². The molecule has 2 aliphatic heterocycles. The zero-order valence-corrected chi connectivity index (χ0v) is 26.7. The predicted octanol–water partition coefficient (Wildman–Crippen LogP) is 6.25.